The molecule has 1 N–H and O–H groups in total. The molecule has 2 atom stereocenters. The average Bonchev–Trinajstić information content (AvgIpc) is 3.35. The van der Waals surface area contributed by atoms with E-state index in [-0.39, 0.29) is 25.6 Å². The van der Waals surface area contributed by atoms with E-state index in [1.807, 2.05) is 21.1 Å². The number of likely N-dealkylation sites (N-methyl/N-ethyl adjacent to an activating group) is 1. The molecule has 9 nitrogen and oxygen atoms in total. The predicted molar refractivity (Wildman–Crippen MR) is 312 cm³/mol. The highest BCUT2D eigenvalue weighted by molar-refractivity contribution is 7.47. The zero-order valence-electron chi connectivity index (χ0n) is 48.4. The number of carbonyl (C=O) groups excluding carboxylic acids is 2. The lowest BCUT2D eigenvalue weighted by atomic mass is 10.0. The zero-order chi connectivity index (χ0) is 53.5. The van der Waals surface area contributed by atoms with E-state index in [0.29, 0.717) is 23.9 Å². The molecule has 0 amide bonds. The lowest BCUT2D eigenvalue weighted by Crippen LogP contribution is -2.37. The fourth-order valence-electron chi connectivity index (χ4n) is 8.63. The Bertz CT molecular complexity index is 1420. The Morgan fingerprint density at radius 2 is 0.781 bits per heavy atom. The van der Waals surface area contributed by atoms with Gasteiger partial charge in [0.05, 0.1) is 27.7 Å². The Labute approximate surface area is 451 Å². The second-order valence-electron chi connectivity index (χ2n) is 21.7. The molecule has 0 heterocycles. The van der Waals surface area contributed by atoms with Crippen molar-refractivity contribution in [1.29, 1.82) is 0 Å². The molecular formula is C63H117NO8P+. The van der Waals surface area contributed by atoms with E-state index in [0.717, 1.165) is 64.2 Å². The number of unbranched alkanes of at least 4 members (excludes halogenated alkanes) is 32. The van der Waals surface area contributed by atoms with Gasteiger partial charge in [0.2, 0.25) is 0 Å². The minimum Gasteiger partial charge on any atom is -0.462 e. The highest BCUT2D eigenvalue weighted by atomic mass is 31.2. The fourth-order valence-corrected chi connectivity index (χ4v) is 9.37. The standard InChI is InChI=1S/C63H116NO8P/c1-6-8-10-12-14-16-18-20-22-23-24-25-26-27-28-29-30-31-32-33-34-35-36-37-38-39-40-41-42-44-46-48-50-52-54-56-63(66)72-61(60-71-73(67,68)70-58-57-64(3,4)5)59-69-62(65)55-53-51-49-47-45-43-21-19-17-15-13-11-9-7-2/h8,10,14,16,20,22,24-25,27-28,61H,6-7,9,11-13,15,17-19,21,23,26,29-60H2,1-5H3/p+1/b10-8-,16-14-,22-20-,25-24-,28-27-. The number of quaternary nitrogens is 1. The van der Waals surface area contributed by atoms with Crippen LogP contribution in [0.15, 0.2) is 60.8 Å². The minimum absolute atomic E-state index is 0.0335. The van der Waals surface area contributed by atoms with Crippen LogP contribution in [0.5, 0.6) is 0 Å². The van der Waals surface area contributed by atoms with Gasteiger partial charge < -0.3 is 18.9 Å². The van der Waals surface area contributed by atoms with Crippen molar-refractivity contribution in [3.05, 3.63) is 60.8 Å². The van der Waals surface area contributed by atoms with Crippen molar-refractivity contribution in [3.8, 4) is 0 Å². The van der Waals surface area contributed by atoms with Crippen LogP contribution in [0.1, 0.15) is 277 Å². The molecule has 0 aliphatic rings. The molecule has 0 spiro atoms. The quantitative estimate of drug-likeness (QED) is 0.0211. The summed E-state index contributed by atoms with van der Waals surface area (Å²) >= 11 is 0. The summed E-state index contributed by atoms with van der Waals surface area (Å²) < 4.78 is 34.6. The molecule has 426 valence electrons. The number of rotatable bonds is 56. The molecule has 0 aromatic heterocycles. The second-order valence-corrected chi connectivity index (χ2v) is 23.2. The smallest absolute Gasteiger partial charge is 0.462 e. The maximum atomic E-state index is 12.8. The Kier molecular flexibility index (Phi) is 52.8. The van der Waals surface area contributed by atoms with Crippen molar-refractivity contribution in [2.24, 2.45) is 0 Å². The molecule has 0 rings (SSSR count). The highest BCUT2D eigenvalue weighted by Gasteiger charge is 2.27. The number of allylic oxidation sites excluding steroid dienone is 10. The van der Waals surface area contributed by atoms with E-state index in [1.54, 1.807) is 0 Å². The van der Waals surface area contributed by atoms with Crippen molar-refractivity contribution >= 4 is 19.8 Å². The highest BCUT2D eigenvalue weighted by Crippen LogP contribution is 2.43. The van der Waals surface area contributed by atoms with E-state index in [4.69, 9.17) is 18.5 Å². The largest absolute Gasteiger partial charge is 0.472 e. The van der Waals surface area contributed by atoms with Crippen molar-refractivity contribution < 1.29 is 42.1 Å². The Morgan fingerprint density at radius 3 is 1.16 bits per heavy atom. The summed E-state index contributed by atoms with van der Waals surface area (Å²) in [6.07, 6.45) is 70.2. The Morgan fingerprint density at radius 1 is 0.438 bits per heavy atom. The maximum absolute atomic E-state index is 12.8. The summed E-state index contributed by atoms with van der Waals surface area (Å²) in [7, 11) is 1.49. The summed E-state index contributed by atoms with van der Waals surface area (Å²) in [5.74, 6) is -0.784. The summed E-state index contributed by atoms with van der Waals surface area (Å²) in [6, 6.07) is 0. The normalized spacial score (nSPS) is 13.7. The Balaban J connectivity index is 3.98. The summed E-state index contributed by atoms with van der Waals surface area (Å²) in [6.45, 7) is 4.35. The van der Waals surface area contributed by atoms with E-state index in [2.05, 4.69) is 74.6 Å². The first kappa shape index (κ1) is 70.7. The maximum Gasteiger partial charge on any atom is 0.472 e. The van der Waals surface area contributed by atoms with Crippen LogP contribution in [-0.2, 0) is 32.7 Å². The van der Waals surface area contributed by atoms with Crippen LogP contribution in [-0.4, -0.2) is 74.9 Å². The van der Waals surface area contributed by atoms with E-state index >= 15 is 0 Å². The third kappa shape index (κ3) is 58.8. The summed E-state index contributed by atoms with van der Waals surface area (Å²) in [4.78, 5) is 35.6. The van der Waals surface area contributed by atoms with Gasteiger partial charge in [-0.25, -0.2) is 4.57 Å². The zero-order valence-corrected chi connectivity index (χ0v) is 49.3. The first-order valence-corrected chi connectivity index (χ1v) is 32.0. The van der Waals surface area contributed by atoms with E-state index in [9.17, 15) is 19.0 Å². The molecule has 0 aromatic carbocycles. The van der Waals surface area contributed by atoms with E-state index < -0.39 is 26.5 Å². The van der Waals surface area contributed by atoms with Crippen LogP contribution in [0.4, 0.5) is 0 Å². The minimum atomic E-state index is -4.38. The van der Waals surface area contributed by atoms with Crippen LogP contribution in [0.2, 0.25) is 0 Å². The predicted octanol–water partition coefficient (Wildman–Crippen LogP) is 19.1. The molecule has 0 aliphatic heterocycles. The number of nitrogens with zero attached hydrogens (tertiary/aromatic N) is 1. The van der Waals surface area contributed by atoms with Gasteiger partial charge in [0, 0.05) is 12.8 Å². The molecule has 0 fully saturated rings. The Hall–Kier alpha value is -2.29. The third-order valence-electron chi connectivity index (χ3n) is 13.3. The van der Waals surface area contributed by atoms with Crippen LogP contribution in [0, 0.1) is 0 Å². The van der Waals surface area contributed by atoms with Gasteiger partial charge in [-0.1, -0.05) is 267 Å². The number of phosphoric ester groups is 1. The van der Waals surface area contributed by atoms with Gasteiger partial charge in [-0.2, -0.15) is 0 Å². The molecule has 0 aromatic rings. The molecule has 0 saturated heterocycles. The van der Waals surface area contributed by atoms with Crippen molar-refractivity contribution in [1.82, 2.24) is 0 Å². The van der Waals surface area contributed by atoms with Gasteiger partial charge in [0.25, 0.3) is 0 Å². The van der Waals surface area contributed by atoms with Crippen LogP contribution in [0.3, 0.4) is 0 Å². The number of esters is 2. The second kappa shape index (κ2) is 54.5. The van der Waals surface area contributed by atoms with Gasteiger partial charge in [-0.15, -0.1) is 0 Å². The number of hydrogen-bond donors (Lipinski definition) is 1. The van der Waals surface area contributed by atoms with Gasteiger partial charge in [-0.05, 0) is 57.8 Å². The molecular weight excluding hydrogens is 930 g/mol. The van der Waals surface area contributed by atoms with Crippen molar-refractivity contribution in [2.75, 3.05) is 47.5 Å². The van der Waals surface area contributed by atoms with Gasteiger partial charge in [0.15, 0.2) is 6.10 Å². The van der Waals surface area contributed by atoms with Crippen LogP contribution >= 0.6 is 7.82 Å². The van der Waals surface area contributed by atoms with Crippen LogP contribution < -0.4 is 0 Å². The van der Waals surface area contributed by atoms with Crippen LogP contribution in [0.25, 0.3) is 0 Å². The number of phosphoric acid groups is 1. The molecule has 0 aliphatic carbocycles. The number of hydrogen-bond acceptors (Lipinski definition) is 7. The number of carbonyl (C=O) groups is 2. The van der Waals surface area contributed by atoms with E-state index in [1.165, 1.54) is 180 Å². The molecule has 2 unspecified atom stereocenters. The molecule has 10 heteroatoms. The van der Waals surface area contributed by atoms with Crippen molar-refractivity contribution in [2.45, 2.75) is 283 Å². The SMILES string of the molecule is CC/C=C\C/C=C\C/C=C\C/C=C\C/C=C\CCCCCCCCCCCCCCCCCCCCCC(=O)OC(COC(=O)CCCCCCCCCCCCCCCC)COP(=O)(O)OCC[N+](C)(C)C. The molecule has 0 radical (unpaired) electrons. The van der Waals surface area contributed by atoms with Crippen molar-refractivity contribution in [3.63, 3.8) is 0 Å². The monoisotopic (exact) mass is 1050 g/mol. The molecule has 73 heavy (non-hydrogen) atoms. The van der Waals surface area contributed by atoms with Gasteiger partial charge >= 0.3 is 19.8 Å². The lowest BCUT2D eigenvalue weighted by molar-refractivity contribution is -0.870. The van der Waals surface area contributed by atoms with Gasteiger partial charge in [-0.3, -0.25) is 18.6 Å². The topological polar surface area (TPSA) is 108 Å². The first-order valence-electron chi connectivity index (χ1n) is 30.5. The fraction of sp³-hybridized carbons (Fsp3) is 0.810. The number of ether oxygens (including phenoxy) is 2. The summed E-state index contributed by atoms with van der Waals surface area (Å²) in [5.41, 5.74) is 0. The summed E-state index contributed by atoms with van der Waals surface area (Å²) in [5, 5.41) is 0. The average molecular weight is 1050 g/mol. The first-order chi connectivity index (χ1) is 35.5. The third-order valence-corrected chi connectivity index (χ3v) is 14.3. The molecule has 0 bridgehead atoms. The van der Waals surface area contributed by atoms with Gasteiger partial charge in [0.1, 0.15) is 19.8 Å². The lowest BCUT2D eigenvalue weighted by Gasteiger charge is -2.24. The molecule has 0 saturated carbocycles.